The van der Waals surface area contributed by atoms with Gasteiger partial charge in [0.25, 0.3) is 0 Å². The molecule has 0 aliphatic carbocycles. The van der Waals surface area contributed by atoms with Gasteiger partial charge in [0.1, 0.15) is 5.44 Å². The molecular formula is C11H13N3O2S. The molecule has 1 N–H and O–H groups in total. The van der Waals surface area contributed by atoms with E-state index in [4.69, 9.17) is 15.4 Å². The maximum Gasteiger partial charge on any atom is 0.108 e. The van der Waals surface area contributed by atoms with Crippen LogP contribution in [0.2, 0.25) is 0 Å². The number of benzene rings is 1. The van der Waals surface area contributed by atoms with Crippen LogP contribution in [0.3, 0.4) is 0 Å². The van der Waals surface area contributed by atoms with E-state index in [9.17, 15) is 0 Å². The number of hydrogen-bond acceptors (Lipinski definition) is 4. The molecule has 0 bridgehead atoms. The smallest absolute Gasteiger partial charge is 0.108 e. The monoisotopic (exact) mass is 251 g/mol. The second-order valence-electron chi connectivity index (χ2n) is 3.73. The number of ether oxygens (including phenoxy) is 1. The minimum Gasteiger partial charge on any atom is -0.394 e. The molecule has 3 atom stereocenters. The van der Waals surface area contributed by atoms with Crippen LogP contribution in [0.4, 0.5) is 0 Å². The molecule has 1 aliphatic rings. The molecule has 1 aromatic carbocycles. The largest absolute Gasteiger partial charge is 0.394 e. The van der Waals surface area contributed by atoms with E-state index in [0.717, 1.165) is 4.90 Å². The lowest BCUT2D eigenvalue weighted by atomic mass is 10.2. The summed E-state index contributed by atoms with van der Waals surface area (Å²) in [7, 11) is 0. The molecule has 0 spiro atoms. The summed E-state index contributed by atoms with van der Waals surface area (Å²) in [4.78, 5) is 3.89. The summed E-state index contributed by atoms with van der Waals surface area (Å²) < 4.78 is 5.63. The molecule has 90 valence electrons. The molecule has 1 heterocycles. The molecule has 1 aromatic rings. The predicted molar refractivity (Wildman–Crippen MR) is 65.6 cm³/mol. The summed E-state index contributed by atoms with van der Waals surface area (Å²) in [6.07, 6.45) is 0.251. The third kappa shape index (κ3) is 3.14. The highest BCUT2D eigenvalue weighted by molar-refractivity contribution is 7.99. The van der Waals surface area contributed by atoms with Gasteiger partial charge in [0, 0.05) is 9.81 Å². The van der Waals surface area contributed by atoms with Crippen LogP contribution in [0.5, 0.6) is 0 Å². The van der Waals surface area contributed by atoms with Crippen molar-refractivity contribution in [3.8, 4) is 0 Å². The zero-order chi connectivity index (χ0) is 12.1. The van der Waals surface area contributed by atoms with E-state index in [0.29, 0.717) is 6.42 Å². The van der Waals surface area contributed by atoms with Gasteiger partial charge in [0.05, 0.1) is 18.8 Å². The summed E-state index contributed by atoms with van der Waals surface area (Å²) in [5, 5.41) is 12.8. The fraction of sp³-hybridized carbons (Fsp3) is 0.455. The van der Waals surface area contributed by atoms with Gasteiger partial charge in [-0.2, -0.15) is 0 Å². The number of rotatable bonds is 4. The Hall–Kier alpha value is -1.20. The molecule has 2 rings (SSSR count). The van der Waals surface area contributed by atoms with Crippen molar-refractivity contribution in [3.63, 3.8) is 0 Å². The van der Waals surface area contributed by atoms with Gasteiger partial charge in [-0.15, -0.1) is 0 Å². The third-order valence-electron chi connectivity index (χ3n) is 2.58. The maximum atomic E-state index is 9.13. The lowest BCUT2D eigenvalue weighted by Crippen LogP contribution is -2.22. The van der Waals surface area contributed by atoms with Crippen LogP contribution in [-0.4, -0.2) is 29.3 Å². The highest BCUT2D eigenvalue weighted by Crippen LogP contribution is 2.34. The van der Waals surface area contributed by atoms with E-state index in [1.54, 1.807) is 11.8 Å². The number of thioether (sulfide) groups is 1. The summed E-state index contributed by atoms with van der Waals surface area (Å²) in [5.74, 6) is 0. The van der Waals surface area contributed by atoms with Crippen LogP contribution in [0, 0.1) is 0 Å². The quantitative estimate of drug-likeness (QED) is 0.507. The van der Waals surface area contributed by atoms with Crippen molar-refractivity contribution < 1.29 is 9.84 Å². The van der Waals surface area contributed by atoms with E-state index >= 15 is 0 Å². The van der Waals surface area contributed by atoms with E-state index in [1.807, 2.05) is 30.3 Å². The van der Waals surface area contributed by atoms with Gasteiger partial charge in [-0.25, -0.2) is 0 Å². The Kier molecular flexibility index (Phi) is 4.28. The highest BCUT2D eigenvalue weighted by Gasteiger charge is 2.34. The molecule has 1 aliphatic heterocycles. The molecule has 1 fully saturated rings. The van der Waals surface area contributed by atoms with Crippen LogP contribution < -0.4 is 0 Å². The van der Waals surface area contributed by atoms with E-state index < -0.39 is 0 Å². The van der Waals surface area contributed by atoms with Gasteiger partial charge in [-0.3, -0.25) is 0 Å². The van der Waals surface area contributed by atoms with Crippen molar-refractivity contribution in [1.82, 2.24) is 0 Å². The summed E-state index contributed by atoms with van der Waals surface area (Å²) in [6.45, 7) is -0.116. The molecule has 17 heavy (non-hydrogen) atoms. The van der Waals surface area contributed by atoms with Crippen LogP contribution in [-0.2, 0) is 4.74 Å². The zero-order valence-electron chi connectivity index (χ0n) is 9.14. The average molecular weight is 251 g/mol. The first-order valence-corrected chi connectivity index (χ1v) is 6.23. The van der Waals surface area contributed by atoms with Crippen molar-refractivity contribution >= 4 is 11.8 Å². The molecule has 0 saturated carbocycles. The molecule has 0 radical (unpaired) electrons. The fourth-order valence-electron chi connectivity index (χ4n) is 1.77. The predicted octanol–water partition coefficient (Wildman–Crippen LogP) is 2.56. The van der Waals surface area contributed by atoms with Crippen LogP contribution in [0.15, 0.2) is 40.3 Å². The molecule has 0 aromatic heterocycles. The Morgan fingerprint density at radius 2 is 2.24 bits per heavy atom. The van der Waals surface area contributed by atoms with Crippen LogP contribution >= 0.6 is 11.8 Å². The van der Waals surface area contributed by atoms with Crippen LogP contribution in [0.25, 0.3) is 10.4 Å². The van der Waals surface area contributed by atoms with Gasteiger partial charge in [-0.05, 0) is 24.1 Å². The molecular weight excluding hydrogens is 238 g/mol. The Morgan fingerprint density at radius 3 is 2.88 bits per heavy atom. The second-order valence-corrected chi connectivity index (χ2v) is 4.96. The van der Waals surface area contributed by atoms with Crippen molar-refractivity contribution in [3.05, 3.63) is 40.8 Å². The van der Waals surface area contributed by atoms with Gasteiger partial charge >= 0.3 is 0 Å². The Bertz CT molecular complexity index is 408. The Balaban J connectivity index is 1.98. The Morgan fingerprint density at radius 1 is 1.47 bits per heavy atom. The molecule has 5 nitrogen and oxygen atoms in total. The van der Waals surface area contributed by atoms with Gasteiger partial charge < -0.3 is 9.84 Å². The molecule has 0 amide bonds. The van der Waals surface area contributed by atoms with Gasteiger partial charge in [0.15, 0.2) is 0 Å². The number of hydrogen-bond donors (Lipinski definition) is 1. The van der Waals surface area contributed by atoms with Crippen LogP contribution in [0.1, 0.15) is 6.42 Å². The SMILES string of the molecule is [N-]=[N+]=N[C@H]1C[C@@H](Sc2ccccc2)O[C@@H]1CO. The zero-order valence-corrected chi connectivity index (χ0v) is 9.95. The first-order chi connectivity index (χ1) is 8.33. The first-order valence-electron chi connectivity index (χ1n) is 5.35. The number of aliphatic hydroxyl groups excluding tert-OH is 1. The average Bonchev–Trinajstić information content (AvgIpc) is 2.73. The van der Waals surface area contributed by atoms with E-state index in [2.05, 4.69) is 10.0 Å². The Labute approximate surface area is 103 Å². The minimum atomic E-state index is -0.382. The maximum absolute atomic E-state index is 9.13. The summed E-state index contributed by atoms with van der Waals surface area (Å²) in [6, 6.07) is 9.62. The minimum absolute atomic E-state index is 0.0648. The summed E-state index contributed by atoms with van der Waals surface area (Å²) >= 11 is 1.58. The topological polar surface area (TPSA) is 78.2 Å². The second kappa shape index (κ2) is 5.93. The fourth-order valence-corrected chi connectivity index (χ4v) is 2.88. The van der Waals surface area contributed by atoms with E-state index in [-0.39, 0.29) is 24.2 Å². The number of aliphatic hydroxyl groups is 1. The van der Waals surface area contributed by atoms with Gasteiger partial charge in [-0.1, -0.05) is 35.1 Å². The lowest BCUT2D eigenvalue weighted by Gasteiger charge is -2.11. The van der Waals surface area contributed by atoms with Crippen molar-refractivity contribution in [2.75, 3.05) is 6.61 Å². The number of nitrogens with zero attached hydrogens (tertiary/aromatic N) is 3. The molecule has 0 unspecified atom stereocenters. The normalized spacial score (nSPS) is 27.7. The summed E-state index contributed by atoms with van der Waals surface area (Å²) in [5.41, 5.74) is 8.37. The standard InChI is InChI=1S/C11H13N3O2S/c12-14-13-9-6-11(16-10(9)7-15)17-8-4-2-1-3-5-8/h1-5,9-11,15H,6-7H2/t9-,10+,11+/m0/s1. The third-order valence-corrected chi connectivity index (χ3v) is 3.69. The molecule has 6 heteroatoms. The van der Waals surface area contributed by atoms with E-state index in [1.165, 1.54) is 0 Å². The lowest BCUT2D eigenvalue weighted by molar-refractivity contribution is 0.0407. The van der Waals surface area contributed by atoms with Crippen molar-refractivity contribution in [1.29, 1.82) is 0 Å². The molecule has 1 saturated heterocycles. The highest BCUT2D eigenvalue weighted by atomic mass is 32.2. The number of azide groups is 1. The van der Waals surface area contributed by atoms with Gasteiger partial charge in [0.2, 0.25) is 0 Å². The first kappa shape index (κ1) is 12.3. The van der Waals surface area contributed by atoms with Crippen molar-refractivity contribution in [2.24, 2.45) is 5.11 Å². The van der Waals surface area contributed by atoms with Crippen molar-refractivity contribution in [2.45, 2.75) is 28.9 Å².